The smallest absolute Gasteiger partial charge is 0.185 e. The number of hydrogen-bond donors (Lipinski definition) is 0. The van der Waals surface area contributed by atoms with Crippen molar-refractivity contribution in [3.8, 4) is 0 Å². The number of benzene rings is 2. The molecule has 0 aliphatic carbocycles. The topological polar surface area (TPSA) is 17.1 Å². The van der Waals surface area contributed by atoms with Crippen LogP contribution in [0.2, 0.25) is 0 Å². The van der Waals surface area contributed by atoms with Crippen molar-refractivity contribution in [2.24, 2.45) is 0 Å². The summed E-state index contributed by atoms with van der Waals surface area (Å²) in [5, 5.41) is 0. The second-order valence-corrected chi connectivity index (χ2v) is 6.26. The Morgan fingerprint density at radius 3 is 2.18 bits per heavy atom. The summed E-state index contributed by atoms with van der Waals surface area (Å²) in [4.78, 5) is 12.2. The number of allylic oxidation sites excluding steroid dienone is 1. The third-order valence-electron chi connectivity index (χ3n) is 3.87. The number of ketones is 1. The maximum atomic E-state index is 12.2. The molecular formula is C21H24O. The molecule has 0 fully saturated rings. The Labute approximate surface area is 133 Å². The van der Waals surface area contributed by atoms with Gasteiger partial charge in [-0.1, -0.05) is 82.3 Å². The fourth-order valence-corrected chi connectivity index (χ4v) is 2.47. The van der Waals surface area contributed by atoms with E-state index in [4.69, 9.17) is 0 Å². The molecule has 1 heteroatoms. The Morgan fingerprint density at radius 1 is 0.909 bits per heavy atom. The van der Waals surface area contributed by atoms with Crippen molar-refractivity contribution in [1.29, 1.82) is 0 Å². The fourth-order valence-electron chi connectivity index (χ4n) is 2.47. The Hall–Kier alpha value is -2.15. The van der Waals surface area contributed by atoms with Gasteiger partial charge in [0.25, 0.3) is 0 Å². The van der Waals surface area contributed by atoms with Gasteiger partial charge in [0, 0.05) is 5.56 Å². The average molecular weight is 292 g/mol. The number of carbonyl (C=O) groups is 1. The normalized spacial score (nSPS) is 11.5. The monoisotopic (exact) mass is 292 g/mol. The molecule has 0 saturated heterocycles. The van der Waals surface area contributed by atoms with E-state index < -0.39 is 0 Å². The molecule has 0 aromatic heterocycles. The van der Waals surface area contributed by atoms with Gasteiger partial charge in [0.05, 0.1) is 0 Å². The lowest BCUT2D eigenvalue weighted by atomic mass is 9.91. The van der Waals surface area contributed by atoms with Gasteiger partial charge in [0.1, 0.15) is 0 Å². The van der Waals surface area contributed by atoms with Crippen LogP contribution in [0.3, 0.4) is 0 Å². The Bertz CT molecular complexity index is 664. The summed E-state index contributed by atoms with van der Waals surface area (Å²) in [5.41, 5.74) is 4.49. The van der Waals surface area contributed by atoms with Gasteiger partial charge in [-0.2, -0.15) is 0 Å². The van der Waals surface area contributed by atoms with Gasteiger partial charge >= 0.3 is 0 Å². The molecule has 0 amide bonds. The van der Waals surface area contributed by atoms with Crippen LogP contribution in [0.5, 0.6) is 0 Å². The van der Waals surface area contributed by atoms with Crippen LogP contribution in [0.25, 0.3) is 6.08 Å². The van der Waals surface area contributed by atoms with Crippen molar-refractivity contribution in [3.05, 3.63) is 76.9 Å². The third kappa shape index (κ3) is 3.94. The van der Waals surface area contributed by atoms with E-state index in [2.05, 4.69) is 45.9 Å². The van der Waals surface area contributed by atoms with Crippen LogP contribution in [0.15, 0.2) is 54.6 Å². The maximum Gasteiger partial charge on any atom is 0.185 e. The predicted molar refractivity (Wildman–Crippen MR) is 94.4 cm³/mol. The summed E-state index contributed by atoms with van der Waals surface area (Å²) in [6, 6.07) is 15.9. The fraction of sp³-hybridized carbons (Fsp3) is 0.286. The molecule has 0 unspecified atom stereocenters. The molecule has 0 bridgehead atoms. The van der Waals surface area contributed by atoms with E-state index in [1.54, 1.807) is 6.08 Å². The van der Waals surface area contributed by atoms with Gasteiger partial charge in [-0.15, -0.1) is 0 Å². The van der Waals surface area contributed by atoms with Crippen molar-refractivity contribution in [2.45, 2.75) is 39.5 Å². The molecule has 0 saturated carbocycles. The molecule has 114 valence electrons. The maximum absolute atomic E-state index is 12.2. The van der Waals surface area contributed by atoms with Crippen molar-refractivity contribution in [2.75, 3.05) is 0 Å². The van der Waals surface area contributed by atoms with Gasteiger partial charge < -0.3 is 0 Å². The van der Waals surface area contributed by atoms with E-state index in [0.717, 1.165) is 11.1 Å². The molecule has 0 radical (unpaired) electrons. The lowest BCUT2D eigenvalue weighted by Gasteiger charge is -2.14. The summed E-state index contributed by atoms with van der Waals surface area (Å²) in [6.45, 7) is 8.79. The largest absolute Gasteiger partial charge is 0.289 e. The van der Waals surface area contributed by atoms with E-state index in [-0.39, 0.29) is 5.78 Å². The second kappa shape index (κ2) is 7.22. The Kier molecular flexibility index (Phi) is 5.32. The standard InChI is InChI=1S/C21H24O/c1-15(2)19-11-10-17(20(14-19)16(3)4)12-13-21(22)18-8-6-5-7-9-18/h5-16H,1-4H3/b13-12+. The number of carbonyl (C=O) groups excluding carboxylic acids is 1. The first-order valence-corrected chi connectivity index (χ1v) is 7.90. The lowest BCUT2D eigenvalue weighted by Crippen LogP contribution is -1.97. The van der Waals surface area contributed by atoms with E-state index in [1.165, 1.54) is 11.1 Å². The van der Waals surface area contributed by atoms with Crippen LogP contribution >= 0.6 is 0 Å². The minimum absolute atomic E-state index is 0.0447. The third-order valence-corrected chi connectivity index (χ3v) is 3.87. The zero-order chi connectivity index (χ0) is 16.1. The highest BCUT2D eigenvalue weighted by molar-refractivity contribution is 6.06. The Balaban J connectivity index is 2.29. The molecule has 2 aromatic rings. The van der Waals surface area contributed by atoms with Crippen molar-refractivity contribution < 1.29 is 4.79 Å². The lowest BCUT2D eigenvalue weighted by molar-refractivity contribution is 0.104. The minimum atomic E-state index is 0.0447. The summed E-state index contributed by atoms with van der Waals surface area (Å²) in [7, 11) is 0. The van der Waals surface area contributed by atoms with E-state index >= 15 is 0 Å². The van der Waals surface area contributed by atoms with Gasteiger partial charge in [0.15, 0.2) is 5.78 Å². The second-order valence-electron chi connectivity index (χ2n) is 6.26. The highest BCUT2D eigenvalue weighted by atomic mass is 16.1. The first kappa shape index (κ1) is 16.2. The van der Waals surface area contributed by atoms with Crippen LogP contribution in [0.4, 0.5) is 0 Å². The van der Waals surface area contributed by atoms with E-state index in [1.807, 2.05) is 36.4 Å². The highest BCUT2D eigenvalue weighted by Crippen LogP contribution is 2.26. The number of rotatable bonds is 5. The first-order chi connectivity index (χ1) is 10.5. The molecule has 0 atom stereocenters. The predicted octanol–water partition coefficient (Wildman–Crippen LogP) is 5.83. The van der Waals surface area contributed by atoms with Crippen LogP contribution in [0.1, 0.15) is 66.6 Å². The molecule has 22 heavy (non-hydrogen) atoms. The van der Waals surface area contributed by atoms with Gasteiger partial charge in [0.2, 0.25) is 0 Å². The van der Waals surface area contributed by atoms with E-state index in [0.29, 0.717) is 11.8 Å². The van der Waals surface area contributed by atoms with E-state index in [9.17, 15) is 4.79 Å². The van der Waals surface area contributed by atoms with Crippen molar-refractivity contribution in [1.82, 2.24) is 0 Å². The van der Waals surface area contributed by atoms with Crippen molar-refractivity contribution in [3.63, 3.8) is 0 Å². The first-order valence-electron chi connectivity index (χ1n) is 7.90. The van der Waals surface area contributed by atoms with Crippen molar-refractivity contribution >= 4 is 11.9 Å². The molecule has 0 aliphatic rings. The molecule has 2 rings (SSSR count). The summed E-state index contributed by atoms with van der Waals surface area (Å²) in [5.74, 6) is 0.995. The minimum Gasteiger partial charge on any atom is -0.289 e. The van der Waals surface area contributed by atoms with Crippen LogP contribution in [0, 0.1) is 0 Å². The molecule has 0 heterocycles. The quantitative estimate of drug-likeness (QED) is 0.500. The van der Waals surface area contributed by atoms with Gasteiger partial charge in [-0.3, -0.25) is 4.79 Å². The van der Waals surface area contributed by atoms with Gasteiger partial charge in [-0.05, 0) is 34.6 Å². The SMILES string of the molecule is CC(C)c1ccc(/C=C/C(=O)c2ccccc2)c(C(C)C)c1. The van der Waals surface area contributed by atoms with Gasteiger partial charge in [-0.25, -0.2) is 0 Å². The Morgan fingerprint density at radius 2 is 1.59 bits per heavy atom. The summed E-state index contributed by atoms with van der Waals surface area (Å²) >= 11 is 0. The van der Waals surface area contributed by atoms with Crippen LogP contribution < -0.4 is 0 Å². The molecule has 0 N–H and O–H groups in total. The average Bonchev–Trinajstić information content (AvgIpc) is 2.53. The molecule has 2 aromatic carbocycles. The zero-order valence-corrected chi connectivity index (χ0v) is 13.8. The summed E-state index contributed by atoms with van der Waals surface area (Å²) in [6.07, 6.45) is 3.61. The molecular weight excluding hydrogens is 268 g/mol. The summed E-state index contributed by atoms with van der Waals surface area (Å²) < 4.78 is 0. The highest BCUT2D eigenvalue weighted by Gasteiger charge is 2.08. The molecule has 1 nitrogen and oxygen atoms in total. The number of hydrogen-bond acceptors (Lipinski definition) is 1. The van der Waals surface area contributed by atoms with Crippen LogP contribution in [-0.4, -0.2) is 5.78 Å². The zero-order valence-electron chi connectivity index (χ0n) is 13.8. The molecule has 0 aliphatic heterocycles. The molecule has 0 spiro atoms. The van der Waals surface area contributed by atoms with Crippen LogP contribution in [-0.2, 0) is 0 Å².